The Balaban J connectivity index is 1.49. The van der Waals surface area contributed by atoms with Gasteiger partial charge >= 0.3 is 6.09 Å². The summed E-state index contributed by atoms with van der Waals surface area (Å²) in [6, 6.07) is 19.7. The summed E-state index contributed by atoms with van der Waals surface area (Å²) < 4.78 is 11.4. The van der Waals surface area contributed by atoms with Gasteiger partial charge in [0.15, 0.2) is 5.76 Å². The molecule has 4 rings (SSSR count). The predicted molar refractivity (Wildman–Crippen MR) is 150 cm³/mol. The Morgan fingerprint density at radius 2 is 1.77 bits per heavy atom. The Hall–Kier alpha value is -4.17. The smallest absolute Gasteiger partial charge is 0.407 e. The Labute approximate surface area is 232 Å². The van der Waals surface area contributed by atoms with E-state index >= 15 is 0 Å². The molecule has 202 valence electrons. The molecule has 2 amide bonds. The van der Waals surface area contributed by atoms with E-state index in [1.54, 1.807) is 42.7 Å². The summed E-state index contributed by atoms with van der Waals surface area (Å²) in [5, 5.41) is 6.36. The van der Waals surface area contributed by atoms with Gasteiger partial charge in [0, 0.05) is 34.5 Å². The Morgan fingerprint density at radius 3 is 2.51 bits per heavy atom. The number of rotatable bonds is 9. The first-order chi connectivity index (χ1) is 18.7. The van der Waals surface area contributed by atoms with Crippen LogP contribution in [-0.2, 0) is 4.74 Å². The monoisotopic (exact) mass is 546 g/mol. The molecular formula is C30H31ClN4O4. The zero-order valence-corrected chi connectivity index (χ0v) is 22.9. The lowest BCUT2D eigenvalue weighted by atomic mass is 10.1. The van der Waals surface area contributed by atoms with Crippen LogP contribution in [0.1, 0.15) is 55.9 Å². The van der Waals surface area contributed by atoms with Crippen molar-refractivity contribution >= 4 is 23.6 Å². The number of carbonyl (C=O) groups is 2. The molecule has 0 aliphatic heterocycles. The van der Waals surface area contributed by atoms with Crippen molar-refractivity contribution in [3.05, 3.63) is 95.6 Å². The van der Waals surface area contributed by atoms with Gasteiger partial charge < -0.3 is 19.8 Å². The van der Waals surface area contributed by atoms with E-state index < -0.39 is 17.7 Å². The number of halogens is 1. The fourth-order valence-electron chi connectivity index (χ4n) is 3.88. The van der Waals surface area contributed by atoms with E-state index in [1.165, 1.54) is 0 Å². The van der Waals surface area contributed by atoms with Gasteiger partial charge in [-0.3, -0.25) is 9.78 Å². The maximum atomic E-state index is 13.3. The van der Waals surface area contributed by atoms with Crippen molar-refractivity contribution < 1.29 is 18.7 Å². The van der Waals surface area contributed by atoms with Crippen molar-refractivity contribution in [1.82, 2.24) is 20.6 Å². The van der Waals surface area contributed by atoms with E-state index in [0.29, 0.717) is 47.3 Å². The van der Waals surface area contributed by atoms with Gasteiger partial charge in [0.25, 0.3) is 5.91 Å². The maximum Gasteiger partial charge on any atom is 0.407 e. The van der Waals surface area contributed by atoms with E-state index in [4.69, 9.17) is 20.8 Å². The SMILES string of the molecule is CC(C)(C)OC(=O)NCCC[C@H](NC(=O)c1cccc(-c2cc(Cl)ccn2)c1)c1ncc(-c2ccccc2)o1. The van der Waals surface area contributed by atoms with Gasteiger partial charge in [-0.25, -0.2) is 9.78 Å². The summed E-state index contributed by atoms with van der Waals surface area (Å²) in [5.74, 6) is 0.696. The summed E-state index contributed by atoms with van der Waals surface area (Å²) >= 11 is 6.12. The summed E-state index contributed by atoms with van der Waals surface area (Å²) in [6.45, 7) is 5.79. The molecule has 9 heteroatoms. The molecule has 2 aromatic carbocycles. The molecule has 2 aromatic heterocycles. The molecule has 0 aliphatic carbocycles. The van der Waals surface area contributed by atoms with Crippen LogP contribution in [0.15, 0.2) is 83.5 Å². The Kier molecular flexibility index (Phi) is 8.99. The first-order valence-electron chi connectivity index (χ1n) is 12.7. The van der Waals surface area contributed by atoms with E-state index in [0.717, 1.165) is 11.1 Å². The summed E-state index contributed by atoms with van der Waals surface area (Å²) in [4.78, 5) is 34.2. The number of pyridine rings is 1. The molecule has 0 radical (unpaired) electrons. The molecule has 8 nitrogen and oxygen atoms in total. The van der Waals surface area contributed by atoms with Gasteiger partial charge in [0.1, 0.15) is 11.6 Å². The highest BCUT2D eigenvalue weighted by molar-refractivity contribution is 6.30. The van der Waals surface area contributed by atoms with Crippen LogP contribution >= 0.6 is 11.6 Å². The molecule has 39 heavy (non-hydrogen) atoms. The van der Waals surface area contributed by atoms with Crippen molar-refractivity contribution in [3.8, 4) is 22.6 Å². The number of benzene rings is 2. The van der Waals surface area contributed by atoms with Crippen molar-refractivity contribution in [2.24, 2.45) is 0 Å². The van der Waals surface area contributed by atoms with Gasteiger partial charge in [-0.15, -0.1) is 0 Å². The second kappa shape index (κ2) is 12.6. The van der Waals surface area contributed by atoms with Crippen LogP contribution in [-0.4, -0.2) is 34.1 Å². The molecule has 0 unspecified atom stereocenters. The third kappa shape index (κ3) is 8.15. The summed E-state index contributed by atoms with van der Waals surface area (Å²) in [6.07, 6.45) is 3.82. The number of nitrogens with one attached hydrogen (secondary N) is 2. The van der Waals surface area contributed by atoms with Crippen LogP contribution in [0.5, 0.6) is 0 Å². The largest absolute Gasteiger partial charge is 0.444 e. The zero-order valence-electron chi connectivity index (χ0n) is 22.1. The minimum Gasteiger partial charge on any atom is -0.444 e. The quantitative estimate of drug-likeness (QED) is 0.223. The molecular weight excluding hydrogens is 516 g/mol. The normalized spacial score (nSPS) is 12.0. The average Bonchev–Trinajstić information content (AvgIpc) is 3.40. The lowest BCUT2D eigenvalue weighted by Gasteiger charge is -2.20. The highest BCUT2D eigenvalue weighted by atomic mass is 35.5. The number of aromatic nitrogens is 2. The second-order valence-corrected chi connectivity index (χ2v) is 10.4. The van der Waals surface area contributed by atoms with Gasteiger partial charge in [0.2, 0.25) is 5.89 Å². The second-order valence-electron chi connectivity index (χ2n) is 9.97. The number of hydrogen-bond donors (Lipinski definition) is 2. The van der Waals surface area contributed by atoms with Crippen LogP contribution < -0.4 is 10.6 Å². The lowest BCUT2D eigenvalue weighted by Crippen LogP contribution is -2.34. The topological polar surface area (TPSA) is 106 Å². The molecule has 1 atom stereocenters. The predicted octanol–water partition coefficient (Wildman–Crippen LogP) is 6.83. The van der Waals surface area contributed by atoms with Crippen molar-refractivity contribution in [3.63, 3.8) is 0 Å². The Morgan fingerprint density at radius 1 is 1.00 bits per heavy atom. The zero-order chi connectivity index (χ0) is 27.8. The lowest BCUT2D eigenvalue weighted by molar-refractivity contribution is 0.0525. The van der Waals surface area contributed by atoms with Crippen LogP contribution in [0.2, 0.25) is 5.02 Å². The minimum atomic E-state index is -0.582. The standard InChI is InChI=1S/C30H31ClN4O4/c1-30(2,3)39-29(37)33-15-8-13-24(28-34-19-26(38-28)20-9-5-4-6-10-20)35-27(36)22-12-7-11-21(17-22)25-18-23(31)14-16-32-25/h4-7,9-12,14,16-19,24H,8,13,15H2,1-3H3,(H,33,37)(H,35,36)/t24-/m0/s1. The molecule has 4 aromatic rings. The van der Waals surface area contributed by atoms with E-state index in [-0.39, 0.29) is 5.91 Å². The molecule has 0 fully saturated rings. The molecule has 0 saturated heterocycles. The number of amides is 2. The summed E-state index contributed by atoms with van der Waals surface area (Å²) in [7, 11) is 0. The number of hydrogen-bond acceptors (Lipinski definition) is 6. The van der Waals surface area contributed by atoms with Gasteiger partial charge in [-0.1, -0.05) is 54.1 Å². The molecule has 0 saturated carbocycles. The van der Waals surface area contributed by atoms with E-state index in [1.807, 2.05) is 57.2 Å². The third-order valence-electron chi connectivity index (χ3n) is 5.67. The van der Waals surface area contributed by atoms with Gasteiger partial charge in [0.05, 0.1) is 11.9 Å². The van der Waals surface area contributed by atoms with Gasteiger partial charge in [-0.05, 0) is 57.9 Å². The van der Waals surface area contributed by atoms with Crippen LogP contribution in [0.4, 0.5) is 4.79 Å². The first-order valence-corrected chi connectivity index (χ1v) is 13.1. The van der Waals surface area contributed by atoms with Crippen LogP contribution in [0.25, 0.3) is 22.6 Å². The number of alkyl carbamates (subject to hydrolysis) is 1. The van der Waals surface area contributed by atoms with Crippen molar-refractivity contribution in [1.29, 1.82) is 0 Å². The van der Waals surface area contributed by atoms with Crippen molar-refractivity contribution in [2.75, 3.05) is 6.54 Å². The number of carbonyl (C=O) groups excluding carboxylic acids is 2. The molecule has 0 aliphatic rings. The molecule has 0 bridgehead atoms. The van der Waals surface area contributed by atoms with Crippen LogP contribution in [0, 0.1) is 0 Å². The Bertz CT molecular complexity index is 1420. The number of nitrogens with zero attached hydrogens (tertiary/aromatic N) is 2. The number of ether oxygens (including phenoxy) is 1. The molecule has 2 N–H and O–H groups in total. The highest BCUT2D eigenvalue weighted by Gasteiger charge is 2.22. The summed E-state index contributed by atoms with van der Waals surface area (Å²) in [5.41, 5.74) is 2.20. The van der Waals surface area contributed by atoms with E-state index in [9.17, 15) is 9.59 Å². The fraction of sp³-hybridized carbons (Fsp3) is 0.267. The fourth-order valence-corrected chi connectivity index (χ4v) is 4.04. The maximum absolute atomic E-state index is 13.3. The minimum absolute atomic E-state index is 0.288. The molecule has 0 spiro atoms. The van der Waals surface area contributed by atoms with Crippen molar-refractivity contribution in [2.45, 2.75) is 45.3 Å². The van der Waals surface area contributed by atoms with Gasteiger partial charge in [-0.2, -0.15) is 0 Å². The average molecular weight is 547 g/mol. The number of oxazole rings is 1. The third-order valence-corrected chi connectivity index (χ3v) is 5.90. The highest BCUT2D eigenvalue weighted by Crippen LogP contribution is 2.26. The first kappa shape index (κ1) is 27.9. The van der Waals surface area contributed by atoms with E-state index in [2.05, 4.69) is 20.6 Å². The molecule has 2 heterocycles. The van der Waals surface area contributed by atoms with Crippen LogP contribution in [0.3, 0.4) is 0 Å².